The lowest BCUT2D eigenvalue weighted by atomic mass is 9.91. The minimum absolute atomic E-state index is 0.0161. The van der Waals surface area contributed by atoms with E-state index in [1.807, 2.05) is 46.7 Å². The SMILES string of the molecule is COc1nc(C=Cc2nc3n(n2)CCC[C@@H]3c2ccc(F)cc2Cl)ccc1-n1cnc(C)c1. The molecule has 3 aromatic heterocycles. The highest BCUT2D eigenvalue weighted by Gasteiger charge is 2.27. The van der Waals surface area contributed by atoms with Gasteiger partial charge in [-0.05, 0) is 61.7 Å². The second kappa shape index (κ2) is 8.78. The van der Waals surface area contributed by atoms with Crippen LogP contribution in [0.4, 0.5) is 4.39 Å². The first-order valence-corrected chi connectivity index (χ1v) is 11.0. The number of aromatic nitrogens is 6. The molecule has 0 N–H and O–H groups in total. The van der Waals surface area contributed by atoms with Crippen molar-refractivity contribution in [2.24, 2.45) is 0 Å². The molecule has 7 nitrogen and oxygen atoms in total. The average molecular weight is 465 g/mol. The van der Waals surface area contributed by atoms with Crippen molar-refractivity contribution in [2.45, 2.75) is 32.2 Å². The molecule has 0 amide bonds. The van der Waals surface area contributed by atoms with Crippen LogP contribution in [-0.2, 0) is 6.54 Å². The molecule has 4 heterocycles. The Hall–Kier alpha value is -3.52. The van der Waals surface area contributed by atoms with E-state index < -0.39 is 0 Å². The summed E-state index contributed by atoms with van der Waals surface area (Å²) in [5.41, 5.74) is 3.32. The van der Waals surface area contributed by atoms with Crippen LogP contribution in [0.1, 0.15) is 47.4 Å². The molecule has 168 valence electrons. The first-order chi connectivity index (χ1) is 16.0. The van der Waals surface area contributed by atoms with Gasteiger partial charge in [0.05, 0.1) is 24.8 Å². The van der Waals surface area contributed by atoms with E-state index in [-0.39, 0.29) is 11.7 Å². The first kappa shape index (κ1) is 21.3. The van der Waals surface area contributed by atoms with Crippen molar-refractivity contribution >= 4 is 23.8 Å². The van der Waals surface area contributed by atoms with E-state index in [2.05, 4.69) is 15.1 Å². The zero-order valence-corrected chi connectivity index (χ0v) is 19.0. The van der Waals surface area contributed by atoms with Crippen LogP contribution in [0.15, 0.2) is 42.9 Å². The standard InChI is InChI=1S/C24H22ClFN6O/c1-15-13-31(14-27-15)21-9-6-17(28-24(21)33-2)7-10-22-29-23-19(4-3-11-32(23)30-22)18-8-5-16(26)12-20(18)25/h5-10,12-14,19H,3-4,11H2,1-2H3/t19-/m1/s1. The second-order valence-corrected chi connectivity index (χ2v) is 8.34. The van der Waals surface area contributed by atoms with Crippen molar-refractivity contribution < 1.29 is 9.13 Å². The fraction of sp³-hybridized carbons (Fsp3) is 0.250. The third-order valence-electron chi connectivity index (χ3n) is 5.68. The molecule has 0 bridgehead atoms. The summed E-state index contributed by atoms with van der Waals surface area (Å²) >= 11 is 6.33. The molecule has 33 heavy (non-hydrogen) atoms. The number of nitrogens with zero attached hydrogens (tertiary/aromatic N) is 6. The molecule has 0 fully saturated rings. The molecule has 1 atom stereocenters. The predicted octanol–water partition coefficient (Wildman–Crippen LogP) is 5.06. The fourth-order valence-electron chi connectivity index (χ4n) is 4.12. The van der Waals surface area contributed by atoms with Gasteiger partial charge < -0.3 is 9.30 Å². The van der Waals surface area contributed by atoms with Crippen LogP contribution in [0.5, 0.6) is 5.88 Å². The van der Waals surface area contributed by atoms with Gasteiger partial charge in [0.2, 0.25) is 5.88 Å². The highest BCUT2D eigenvalue weighted by Crippen LogP contribution is 2.36. The maximum atomic E-state index is 13.5. The molecule has 0 saturated heterocycles. The Balaban J connectivity index is 1.42. The minimum Gasteiger partial charge on any atom is -0.479 e. The van der Waals surface area contributed by atoms with Crippen LogP contribution in [0, 0.1) is 12.7 Å². The van der Waals surface area contributed by atoms with E-state index in [1.165, 1.54) is 12.1 Å². The normalized spacial score (nSPS) is 15.7. The Morgan fingerprint density at radius 2 is 2.06 bits per heavy atom. The molecule has 1 aromatic carbocycles. The number of imidazole rings is 1. The van der Waals surface area contributed by atoms with Gasteiger partial charge >= 0.3 is 0 Å². The first-order valence-electron chi connectivity index (χ1n) is 10.7. The van der Waals surface area contributed by atoms with Gasteiger partial charge in [-0.3, -0.25) is 0 Å². The Morgan fingerprint density at radius 3 is 2.82 bits per heavy atom. The molecular weight excluding hydrogens is 443 g/mol. The van der Waals surface area contributed by atoms with E-state index in [4.69, 9.17) is 21.3 Å². The summed E-state index contributed by atoms with van der Waals surface area (Å²) in [6.07, 6.45) is 9.17. The number of pyridine rings is 1. The van der Waals surface area contributed by atoms with Crippen molar-refractivity contribution in [2.75, 3.05) is 7.11 Å². The molecule has 0 aliphatic carbocycles. The molecule has 9 heteroatoms. The molecule has 5 rings (SSSR count). The van der Waals surface area contributed by atoms with Crippen LogP contribution in [0.2, 0.25) is 5.02 Å². The number of hydrogen-bond acceptors (Lipinski definition) is 5. The molecule has 0 radical (unpaired) electrons. The molecule has 0 unspecified atom stereocenters. The average Bonchev–Trinajstić information content (AvgIpc) is 3.43. The Morgan fingerprint density at radius 1 is 1.18 bits per heavy atom. The Bertz CT molecular complexity index is 1340. The number of hydrogen-bond donors (Lipinski definition) is 0. The largest absolute Gasteiger partial charge is 0.479 e. The van der Waals surface area contributed by atoms with Crippen LogP contribution >= 0.6 is 11.6 Å². The van der Waals surface area contributed by atoms with Crippen LogP contribution < -0.4 is 4.74 Å². The summed E-state index contributed by atoms with van der Waals surface area (Å²) in [7, 11) is 1.59. The van der Waals surface area contributed by atoms with Crippen molar-refractivity contribution in [3.63, 3.8) is 0 Å². The van der Waals surface area contributed by atoms with Gasteiger partial charge in [0.1, 0.15) is 17.3 Å². The summed E-state index contributed by atoms with van der Waals surface area (Å²) in [4.78, 5) is 13.6. The third kappa shape index (κ3) is 4.26. The summed E-state index contributed by atoms with van der Waals surface area (Å²) in [6, 6.07) is 8.36. The van der Waals surface area contributed by atoms with Gasteiger partial charge in [0.15, 0.2) is 5.82 Å². The van der Waals surface area contributed by atoms with E-state index in [9.17, 15) is 4.39 Å². The van der Waals surface area contributed by atoms with Crippen LogP contribution in [-0.4, -0.2) is 36.4 Å². The molecule has 0 spiro atoms. The van der Waals surface area contributed by atoms with Crippen molar-refractivity contribution in [3.8, 4) is 11.6 Å². The van der Waals surface area contributed by atoms with Crippen molar-refractivity contribution in [1.82, 2.24) is 29.3 Å². The number of rotatable bonds is 5. The van der Waals surface area contributed by atoms with Gasteiger partial charge in [-0.15, -0.1) is 0 Å². The topological polar surface area (TPSA) is 70.7 Å². The number of halogens is 2. The fourth-order valence-corrected chi connectivity index (χ4v) is 4.42. The Kier molecular flexibility index (Phi) is 5.68. The molecule has 1 aliphatic heterocycles. The summed E-state index contributed by atoms with van der Waals surface area (Å²) in [5, 5.41) is 5.04. The zero-order valence-electron chi connectivity index (χ0n) is 18.2. The van der Waals surface area contributed by atoms with Gasteiger partial charge in [-0.1, -0.05) is 17.7 Å². The van der Waals surface area contributed by atoms with Gasteiger partial charge in [0.25, 0.3) is 0 Å². The summed E-state index contributed by atoms with van der Waals surface area (Å²) in [6.45, 7) is 2.72. The number of methoxy groups -OCH3 is 1. The molecule has 0 saturated carbocycles. The van der Waals surface area contributed by atoms with Crippen LogP contribution in [0.25, 0.3) is 17.8 Å². The minimum atomic E-state index is -0.346. The van der Waals surface area contributed by atoms with E-state index >= 15 is 0 Å². The smallest absolute Gasteiger partial charge is 0.238 e. The van der Waals surface area contributed by atoms with E-state index in [0.29, 0.717) is 16.7 Å². The monoisotopic (exact) mass is 464 g/mol. The van der Waals surface area contributed by atoms with E-state index in [0.717, 1.165) is 47.8 Å². The lowest BCUT2D eigenvalue weighted by Gasteiger charge is -2.23. The number of fused-ring (bicyclic) bond motifs is 1. The van der Waals surface area contributed by atoms with Crippen molar-refractivity contribution in [1.29, 1.82) is 0 Å². The quantitative estimate of drug-likeness (QED) is 0.412. The van der Waals surface area contributed by atoms with Gasteiger partial charge in [0, 0.05) is 23.7 Å². The van der Waals surface area contributed by atoms with Crippen LogP contribution in [0.3, 0.4) is 0 Å². The number of aryl methyl sites for hydroxylation is 2. The Labute approximate surface area is 195 Å². The molecule has 1 aliphatic rings. The maximum absolute atomic E-state index is 13.5. The summed E-state index contributed by atoms with van der Waals surface area (Å²) in [5.74, 6) is 1.56. The maximum Gasteiger partial charge on any atom is 0.238 e. The third-order valence-corrected chi connectivity index (χ3v) is 6.00. The zero-order chi connectivity index (χ0) is 22.9. The van der Waals surface area contributed by atoms with E-state index in [1.54, 1.807) is 19.5 Å². The second-order valence-electron chi connectivity index (χ2n) is 7.93. The molecular formula is C24H22ClFN6O. The van der Waals surface area contributed by atoms with Gasteiger partial charge in [-0.2, -0.15) is 5.10 Å². The number of ether oxygens (including phenoxy) is 1. The predicted molar refractivity (Wildman–Crippen MR) is 124 cm³/mol. The summed E-state index contributed by atoms with van der Waals surface area (Å²) < 4.78 is 22.8. The highest BCUT2D eigenvalue weighted by molar-refractivity contribution is 6.31. The number of benzene rings is 1. The van der Waals surface area contributed by atoms with Gasteiger partial charge in [-0.25, -0.2) is 24.0 Å². The highest BCUT2D eigenvalue weighted by atomic mass is 35.5. The molecule has 4 aromatic rings. The lowest BCUT2D eigenvalue weighted by molar-refractivity contribution is 0.395. The lowest BCUT2D eigenvalue weighted by Crippen LogP contribution is -2.18. The van der Waals surface area contributed by atoms with Crippen molar-refractivity contribution in [3.05, 3.63) is 82.3 Å².